The molecule has 200 valence electrons. The lowest BCUT2D eigenvalue weighted by atomic mass is 9.74. The van der Waals surface area contributed by atoms with E-state index < -0.39 is 0 Å². The molecule has 0 aromatic heterocycles. The maximum atomic E-state index is 5.99. The van der Waals surface area contributed by atoms with Gasteiger partial charge in [0.25, 0.3) is 0 Å². The molecule has 2 aromatic carbocycles. The second-order valence-corrected chi connectivity index (χ2v) is 10.4. The van der Waals surface area contributed by atoms with Gasteiger partial charge in [0.1, 0.15) is 24.4 Å². The van der Waals surface area contributed by atoms with Crippen LogP contribution in [0.25, 0.3) is 0 Å². The van der Waals surface area contributed by atoms with Gasteiger partial charge >= 0.3 is 0 Å². The number of hydrogen-bond donors (Lipinski definition) is 0. The minimum atomic E-state index is 0. The van der Waals surface area contributed by atoms with E-state index in [9.17, 15) is 0 Å². The van der Waals surface area contributed by atoms with Gasteiger partial charge in [-0.1, -0.05) is 76.2 Å². The molecule has 6 heteroatoms. The maximum absolute atomic E-state index is 5.99. The van der Waals surface area contributed by atoms with Gasteiger partial charge in [-0.05, 0) is 24.0 Å². The minimum Gasteiger partial charge on any atom is -1.00 e. The fourth-order valence-electron chi connectivity index (χ4n) is 4.83. The molecule has 35 heavy (non-hydrogen) atoms. The quantitative estimate of drug-likeness (QED) is 0.258. The zero-order valence-electron chi connectivity index (χ0n) is 22.6. The third-order valence-corrected chi connectivity index (χ3v) is 6.37. The number of likely N-dealkylation sites (N-methyl/N-ethyl adjacent to an activating group) is 1. The molecule has 2 aromatic rings. The monoisotopic (exact) mass is 509 g/mol. The SMILES string of the molecule is CC(C)CC(CC(C)C)(c1ccccc1)[N+](C)(C)CCOCCOCCOc1ccccc1.O.[Cl-]. The highest BCUT2D eigenvalue weighted by atomic mass is 35.5. The number of quaternary nitrogens is 1. The van der Waals surface area contributed by atoms with E-state index in [0.717, 1.165) is 36.2 Å². The van der Waals surface area contributed by atoms with E-state index in [0.29, 0.717) is 38.3 Å². The highest BCUT2D eigenvalue weighted by Crippen LogP contribution is 2.43. The lowest BCUT2D eigenvalue weighted by Gasteiger charge is -2.51. The van der Waals surface area contributed by atoms with Crippen molar-refractivity contribution in [1.29, 1.82) is 0 Å². The van der Waals surface area contributed by atoms with E-state index in [2.05, 4.69) is 72.1 Å². The van der Waals surface area contributed by atoms with Crippen LogP contribution >= 0.6 is 0 Å². The molecule has 2 N–H and O–H groups in total. The Kier molecular flexibility index (Phi) is 16.1. The van der Waals surface area contributed by atoms with Crippen LogP contribution in [0.4, 0.5) is 0 Å². The van der Waals surface area contributed by atoms with Crippen LogP contribution in [-0.4, -0.2) is 63.6 Å². The smallest absolute Gasteiger partial charge is 0.125 e. The lowest BCUT2D eigenvalue weighted by molar-refractivity contribution is -0.952. The second kappa shape index (κ2) is 16.9. The predicted octanol–water partition coefficient (Wildman–Crippen LogP) is 2.34. The Morgan fingerprint density at radius 2 is 1.14 bits per heavy atom. The van der Waals surface area contributed by atoms with Crippen molar-refractivity contribution in [3.63, 3.8) is 0 Å². The van der Waals surface area contributed by atoms with Gasteiger partial charge in [-0.3, -0.25) is 0 Å². The Morgan fingerprint density at radius 1 is 0.686 bits per heavy atom. The number of para-hydroxylation sites is 1. The molecular formula is C29H48ClNO4. The molecule has 0 radical (unpaired) electrons. The first-order valence-electron chi connectivity index (χ1n) is 12.5. The molecule has 5 nitrogen and oxygen atoms in total. The molecule has 2 rings (SSSR count). The summed E-state index contributed by atoms with van der Waals surface area (Å²) in [7, 11) is 4.75. The molecule has 0 aliphatic heterocycles. The van der Waals surface area contributed by atoms with Crippen LogP contribution in [-0.2, 0) is 15.0 Å². The van der Waals surface area contributed by atoms with Gasteiger partial charge in [-0.15, -0.1) is 0 Å². The normalized spacial score (nSPS) is 11.8. The largest absolute Gasteiger partial charge is 1.00 e. The van der Waals surface area contributed by atoms with Crippen molar-refractivity contribution < 1.29 is 36.6 Å². The fraction of sp³-hybridized carbons (Fsp3) is 0.586. The Labute approximate surface area is 220 Å². The third kappa shape index (κ3) is 10.9. The van der Waals surface area contributed by atoms with Crippen LogP contribution < -0.4 is 17.1 Å². The van der Waals surface area contributed by atoms with Gasteiger partial charge in [-0.25, -0.2) is 0 Å². The molecule has 0 amide bonds. The molecule has 0 saturated heterocycles. The van der Waals surface area contributed by atoms with Gasteiger partial charge in [0, 0.05) is 18.4 Å². The van der Waals surface area contributed by atoms with Gasteiger partial charge in [0.2, 0.25) is 0 Å². The van der Waals surface area contributed by atoms with Crippen LogP contribution in [0.5, 0.6) is 5.75 Å². The van der Waals surface area contributed by atoms with E-state index in [4.69, 9.17) is 14.2 Å². The van der Waals surface area contributed by atoms with E-state index in [1.807, 2.05) is 30.3 Å². The minimum absolute atomic E-state index is 0. The maximum Gasteiger partial charge on any atom is 0.125 e. The second-order valence-electron chi connectivity index (χ2n) is 10.4. The van der Waals surface area contributed by atoms with Crippen LogP contribution in [0.2, 0.25) is 0 Å². The molecule has 0 unspecified atom stereocenters. The number of hydrogen-bond acceptors (Lipinski definition) is 3. The summed E-state index contributed by atoms with van der Waals surface area (Å²) in [5.41, 5.74) is 1.51. The Bertz CT molecular complexity index is 759. The topological polar surface area (TPSA) is 59.2 Å². The molecule has 0 bridgehead atoms. The third-order valence-electron chi connectivity index (χ3n) is 6.37. The van der Waals surface area contributed by atoms with E-state index >= 15 is 0 Å². The van der Waals surface area contributed by atoms with E-state index in [1.54, 1.807) is 0 Å². The van der Waals surface area contributed by atoms with Gasteiger partial charge in [-0.2, -0.15) is 0 Å². The standard InChI is InChI=1S/C29H46NO3.ClH.H2O/c1-25(2)23-29(24-26(3)4,27-13-9-7-10-14-27)30(5,6)17-18-31-19-20-32-21-22-33-28-15-11-8-12-16-28;;/h7-16,25-26H,17-24H2,1-6H3;1H;1H2/q+1;;/p-1. The summed E-state index contributed by atoms with van der Waals surface area (Å²) in [4.78, 5) is 0. The number of rotatable bonds is 16. The summed E-state index contributed by atoms with van der Waals surface area (Å²) in [5, 5.41) is 0. The first-order valence-corrected chi connectivity index (χ1v) is 12.5. The Morgan fingerprint density at radius 3 is 1.66 bits per heavy atom. The zero-order chi connectivity index (χ0) is 24.2. The summed E-state index contributed by atoms with van der Waals surface area (Å²) in [6.45, 7) is 13.4. The highest BCUT2D eigenvalue weighted by Gasteiger charge is 2.47. The summed E-state index contributed by atoms with van der Waals surface area (Å²) in [5.74, 6) is 2.12. The van der Waals surface area contributed by atoms with Gasteiger partial charge in [0.15, 0.2) is 0 Å². The van der Waals surface area contributed by atoms with Crippen LogP contribution in [0.1, 0.15) is 46.1 Å². The van der Waals surface area contributed by atoms with Crippen molar-refractivity contribution in [1.82, 2.24) is 0 Å². The van der Waals surface area contributed by atoms with Crippen molar-refractivity contribution in [2.24, 2.45) is 11.8 Å². The number of benzene rings is 2. The summed E-state index contributed by atoms with van der Waals surface area (Å²) in [6.07, 6.45) is 2.32. The molecule has 0 saturated carbocycles. The fourth-order valence-corrected chi connectivity index (χ4v) is 4.83. The molecule has 0 atom stereocenters. The van der Waals surface area contributed by atoms with Crippen molar-refractivity contribution in [3.8, 4) is 5.75 Å². The zero-order valence-corrected chi connectivity index (χ0v) is 23.4. The van der Waals surface area contributed by atoms with Crippen molar-refractivity contribution in [2.75, 3.05) is 53.7 Å². The van der Waals surface area contributed by atoms with Gasteiger partial charge in [0.05, 0.1) is 40.5 Å². The molecule has 0 aliphatic carbocycles. The van der Waals surface area contributed by atoms with E-state index in [-0.39, 0.29) is 23.4 Å². The van der Waals surface area contributed by atoms with Crippen LogP contribution in [0.3, 0.4) is 0 Å². The molecule has 0 aliphatic rings. The first-order chi connectivity index (χ1) is 15.8. The first kappa shape index (κ1) is 33.4. The summed E-state index contributed by atoms with van der Waals surface area (Å²) in [6, 6.07) is 20.9. The number of halogens is 1. The van der Waals surface area contributed by atoms with E-state index in [1.165, 1.54) is 5.56 Å². The Balaban J connectivity index is 0.00000578. The van der Waals surface area contributed by atoms with Crippen molar-refractivity contribution in [2.45, 2.75) is 46.1 Å². The molecular weight excluding hydrogens is 462 g/mol. The summed E-state index contributed by atoms with van der Waals surface area (Å²) < 4.78 is 18.2. The van der Waals surface area contributed by atoms with Crippen molar-refractivity contribution in [3.05, 3.63) is 66.2 Å². The average Bonchev–Trinajstić information content (AvgIpc) is 2.78. The summed E-state index contributed by atoms with van der Waals surface area (Å²) >= 11 is 0. The molecule has 0 heterocycles. The predicted molar refractivity (Wildman–Crippen MR) is 141 cm³/mol. The Hall–Kier alpha value is -1.63. The van der Waals surface area contributed by atoms with Crippen molar-refractivity contribution >= 4 is 0 Å². The molecule has 0 fully saturated rings. The molecule has 0 spiro atoms. The van der Waals surface area contributed by atoms with Crippen LogP contribution in [0.15, 0.2) is 60.7 Å². The highest BCUT2D eigenvalue weighted by molar-refractivity contribution is 5.23. The van der Waals surface area contributed by atoms with Gasteiger partial charge < -0.3 is 36.6 Å². The number of nitrogens with zero attached hydrogens (tertiary/aromatic N) is 1. The lowest BCUT2D eigenvalue weighted by Crippen LogP contribution is -3.00. The average molecular weight is 510 g/mol. The number of ether oxygens (including phenoxy) is 3. The van der Waals surface area contributed by atoms with Crippen LogP contribution in [0, 0.1) is 11.8 Å².